The van der Waals surface area contributed by atoms with Gasteiger partial charge in [0.15, 0.2) is 5.13 Å². The number of carbonyl (C=O) groups excluding carboxylic acids is 2. The molecule has 0 saturated heterocycles. The second kappa shape index (κ2) is 8.48. The molecule has 1 aromatic heterocycles. The molecule has 25 heavy (non-hydrogen) atoms. The lowest BCUT2D eigenvalue weighted by atomic mass is 10.0. The number of primary amides is 1. The molecule has 0 unspecified atom stereocenters. The third-order valence-electron chi connectivity index (χ3n) is 3.46. The molecule has 1 heterocycles. The molecule has 0 spiro atoms. The molecule has 0 bridgehead atoms. The van der Waals surface area contributed by atoms with E-state index in [-0.39, 0.29) is 11.8 Å². The number of hydrogen-bond acceptors (Lipinski definition) is 5. The number of carbonyl (C=O) groups is 2. The second-order valence-electron chi connectivity index (χ2n) is 5.95. The minimum Gasteiger partial charge on any atom is -0.497 e. The number of rotatable bonds is 7. The number of nitrogens with two attached hydrogens (primary N) is 1. The normalized spacial score (nSPS) is 11.8. The van der Waals surface area contributed by atoms with Gasteiger partial charge in [0.05, 0.1) is 12.8 Å². The number of methoxy groups -OCH3 is 1. The van der Waals surface area contributed by atoms with Crippen molar-refractivity contribution in [3.05, 3.63) is 29.6 Å². The topological polar surface area (TPSA) is 106 Å². The van der Waals surface area contributed by atoms with Crippen molar-refractivity contribution in [3.8, 4) is 17.0 Å². The van der Waals surface area contributed by atoms with Gasteiger partial charge < -0.3 is 21.1 Å². The highest BCUT2D eigenvalue weighted by molar-refractivity contribution is 7.14. The van der Waals surface area contributed by atoms with Crippen LogP contribution >= 0.6 is 11.3 Å². The van der Waals surface area contributed by atoms with Crippen LogP contribution in [0, 0.1) is 5.92 Å². The molecule has 7 nitrogen and oxygen atoms in total. The van der Waals surface area contributed by atoms with Gasteiger partial charge in [0, 0.05) is 10.9 Å². The van der Waals surface area contributed by atoms with Crippen LogP contribution in [0.25, 0.3) is 11.3 Å². The van der Waals surface area contributed by atoms with Crippen molar-refractivity contribution < 1.29 is 14.3 Å². The maximum atomic E-state index is 12.4. The smallest absolute Gasteiger partial charge is 0.312 e. The molecule has 134 valence electrons. The van der Waals surface area contributed by atoms with E-state index in [9.17, 15) is 9.59 Å². The highest BCUT2D eigenvalue weighted by Gasteiger charge is 2.22. The predicted octanol–water partition coefficient (Wildman–Crippen LogP) is 2.84. The Balaban J connectivity index is 2.07. The van der Waals surface area contributed by atoms with Crippen LogP contribution in [0.4, 0.5) is 9.93 Å². The number of aromatic nitrogens is 1. The minimum absolute atomic E-state index is 0.230. The Morgan fingerprint density at radius 3 is 2.52 bits per heavy atom. The van der Waals surface area contributed by atoms with E-state index in [1.165, 1.54) is 11.3 Å². The zero-order valence-corrected chi connectivity index (χ0v) is 15.2. The average molecular weight is 362 g/mol. The summed E-state index contributed by atoms with van der Waals surface area (Å²) in [6, 6.07) is 6.08. The first kappa shape index (κ1) is 18.7. The predicted molar refractivity (Wildman–Crippen MR) is 98.7 cm³/mol. The average Bonchev–Trinajstić information content (AvgIpc) is 3.02. The molecule has 0 aliphatic carbocycles. The Labute approximate surface area is 150 Å². The largest absolute Gasteiger partial charge is 0.497 e. The number of nitrogens with one attached hydrogen (secondary N) is 2. The Morgan fingerprint density at radius 2 is 1.96 bits per heavy atom. The Morgan fingerprint density at radius 1 is 1.28 bits per heavy atom. The van der Waals surface area contributed by atoms with E-state index < -0.39 is 12.1 Å². The quantitative estimate of drug-likeness (QED) is 0.704. The lowest BCUT2D eigenvalue weighted by molar-refractivity contribution is -0.118. The van der Waals surface area contributed by atoms with Crippen LogP contribution in [-0.2, 0) is 4.79 Å². The van der Waals surface area contributed by atoms with E-state index in [0.717, 1.165) is 17.0 Å². The van der Waals surface area contributed by atoms with Gasteiger partial charge in [-0.15, -0.1) is 11.3 Å². The first-order valence-electron chi connectivity index (χ1n) is 7.85. The molecule has 0 fully saturated rings. The van der Waals surface area contributed by atoms with Gasteiger partial charge in [-0.05, 0) is 36.6 Å². The summed E-state index contributed by atoms with van der Waals surface area (Å²) < 4.78 is 5.13. The molecule has 3 amide bonds. The third kappa shape index (κ3) is 5.46. The highest BCUT2D eigenvalue weighted by Crippen LogP contribution is 2.26. The fraction of sp³-hybridized carbons (Fsp3) is 0.353. The van der Waals surface area contributed by atoms with Crippen LogP contribution in [0.5, 0.6) is 5.75 Å². The molecule has 2 rings (SSSR count). The molecule has 1 atom stereocenters. The number of benzene rings is 1. The van der Waals surface area contributed by atoms with Gasteiger partial charge in [0.1, 0.15) is 11.8 Å². The van der Waals surface area contributed by atoms with Crippen molar-refractivity contribution in [2.45, 2.75) is 26.3 Å². The van der Waals surface area contributed by atoms with Crippen LogP contribution < -0.4 is 21.1 Å². The van der Waals surface area contributed by atoms with Crippen LogP contribution in [0.2, 0.25) is 0 Å². The molecule has 0 radical (unpaired) electrons. The zero-order chi connectivity index (χ0) is 18.4. The third-order valence-corrected chi connectivity index (χ3v) is 4.22. The fourth-order valence-corrected chi connectivity index (χ4v) is 3.02. The van der Waals surface area contributed by atoms with Gasteiger partial charge >= 0.3 is 6.03 Å². The molecule has 0 saturated carbocycles. The lowest BCUT2D eigenvalue weighted by Crippen LogP contribution is -2.46. The number of amides is 3. The second-order valence-corrected chi connectivity index (χ2v) is 6.80. The summed E-state index contributed by atoms with van der Waals surface area (Å²) in [4.78, 5) is 27.9. The monoisotopic (exact) mass is 362 g/mol. The van der Waals surface area contributed by atoms with Crippen molar-refractivity contribution in [2.24, 2.45) is 11.7 Å². The van der Waals surface area contributed by atoms with Gasteiger partial charge in [-0.3, -0.25) is 4.79 Å². The SMILES string of the molecule is COc1ccc(-c2csc(NC(=O)[C@H](CC(C)C)NC(N)=O)n2)cc1. The van der Waals surface area contributed by atoms with Crippen LogP contribution in [0.3, 0.4) is 0 Å². The summed E-state index contributed by atoms with van der Waals surface area (Å²) in [5, 5.41) is 7.54. The van der Waals surface area contributed by atoms with Crippen LogP contribution in [0.1, 0.15) is 20.3 Å². The van der Waals surface area contributed by atoms with Crippen LogP contribution in [0.15, 0.2) is 29.6 Å². The first-order valence-corrected chi connectivity index (χ1v) is 8.73. The van der Waals surface area contributed by atoms with Gasteiger partial charge in [0.2, 0.25) is 5.91 Å². The zero-order valence-electron chi connectivity index (χ0n) is 14.4. The number of ether oxygens (including phenoxy) is 1. The number of nitrogens with zero attached hydrogens (tertiary/aromatic N) is 1. The maximum Gasteiger partial charge on any atom is 0.312 e. The molecule has 0 aliphatic heterocycles. The van der Waals surface area contributed by atoms with E-state index in [1.54, 1.807) is 7.11 Å². The standard InChI is InChI=1S/C17H22N4O3S/c1-10(2)8-13(19-16(18)23)15(22)21-17-20-14(9-25-17)11-4-6-12(24-3)7-5-11/h4-7,9-10,13H,8H2,1-3H3,(H3,18,19,23)(H,20,21,22)/t13-/m0/s1. The molecular formula is C17H22N4O3S. The van der Waals surface area contributed by atoms with Crippen molar-refractivity contribution >= 4 is 28.4 Å². The summed E-state index contributed by atoms with van der Waals surface area (Å²) >= 11 is 1.32. The Bertz CT molecular complexity index is 728. The Kier molecular flexibility index (Phi) is 6.35. The van der Waals surface area contributed by atoms with Gasteiger partial charge in [0.25, 0.3) is 0 Å². The molecule has 8 heteroatoms. The van der Waals surface area contributed by atoms with Crippen molar-refractivity contribution in [3.63, 3.8) is 0 Å². The van der Waals surface area contributed by atoms with Crippen molar-refractivity contribution in [2.75, 3.05) is 12.4 Å². The summed E-state index contributed by atoms with van der Waals surface area (Å²) in [6.07, 6.45) is 0.492. The van der Waals surface area contributed by atoms with Gasteiger partial charge in [-0.25, -0.2) is 9.78 Å². The molecule has 0 aliphatic rings. The van der Waals surface area contributed by atoms with E-state index in [4.69, 9.17) is 10.5 Å². The minimum atomic E-state index is -0.723. The number of thiazole rings is 1. The van der Waals surface area contributed by atoms with Crippen LogP contribution in [-0.4, -0.2) is 30.1 Å². The first-order chi connectivity index (χ1) is 11.9. The highest BCUT2D eigenvalue weighted by atomic mass is 32.1. The number of anilines is 1. The van der Waals surface area contributed by atoms with E-state index in [0.29, 0.717) is 11.6 Å². The molecular weight excluding hydrogens is 340 g/mol. The summed E-state index contributed by atoms with van der Waals surface area (Å²) in [5.74, 6) is 0.665. The summed E-state index contributed by atoms with van der Waals surface area (Å²) in [6.45, 7) is 3.93. The van der Waals surface area contributed by atoms with Gasteiger partial charge in [-0.1, -0.05) is 13.8 Å². The molecule has 2 aromatic rings. The number of hydrogen-bond donors (Lipinski definition) is 3. The summed E-state index contributed by atoms with van der Waals surface area (Å²) in [5.41, 5.74) is 6.83. The maximum absolute atomic E-state index is 12.4. The van der Waals surface area contributed by atoms with Crippen molar-refractivity contribution in [1.82, 2.24) is 10.3 Å². The molecule has 4 N–H and O–H groups in total. The lowest BCUT2D eigenvalue weighted by Gasteiger charge is -2.18. The van der Waals surface area contributed by atoms with E-state index >= 15 is 0 Å². The number of urea groups is 1. The molecule has 1 aromatic carbocycles. The van der Waals surface area contributed by atoms with Crippen molar-refractivity contribution in [1.29, 1.82) is 0 Å². The Hall–Kier alpha value is -2.61. The fourth-order valence-electron chi connectivity index (χ4n) is 2.29. The van der Waals surface area contributed by atoms with E-state index in [2.05, 4.69) is 15.6 Å². The van der Waals surface area contributed by atoms with Gasteiger partial charge in [-0.2, -0.15) is 0 Å². The summed E-state index contributed by atoms with van der Waals surface area (Å²) in [7, 11) is 1.61. The van der Waals surface area contributed by atoms with E-state index in [1.807, 2.05) is 43.5 Å².